The smallest absolute Gasteiger partial charge is 0.307 e. The fourth-order valence-corrected chi connectivity index (χ4v) is 5.22. The highest BCUT2D eigenvalue weighted by atomic mass is 32.1. The van der Waals surface area contributed by atoms with E-state index in [1.807, 2.05) is 74.7 Å². The van der Waals surface area contributed by atoms with Gasteiger partial charge in [-0.15, -0.1) is 11.3 Å². The molecule has 36 heavy (non-hydrogen) atoms. The fourth-order valence-electron chi connectivity index (χ4n) is 4.48. The van der Waals surface area contributed by atoms with E-state index in [9.17, 15) is 9.59 Å². The lowest BCUT2D eigenvalue weighted by Crippen LogP contribution is -2.44. The van der Waals surface area contributed by atoms with Crippen LogP contribution in [0.2, 0.25) is 0 Å². The van der Waals surface area contributed by atoms with Gasteiger partial charge in [-0.3, -0.25) is 9.59 Å². The number of hydrogen-bond donors (Lipinski definition) is 2. The predicted octanol–water partition coefficient (Wildman–Crippen LogP) is 4.28. The first-order valence-electron chi connectivity index (χ1n) is 12.1. The minimum Gasteiger partial charge on any atom is -0.492 e. The first-order valence-corrected chi connectivity index (χ1v) is 13.0. The first-order chi connectivity index (χ1) is 17.2. The lowest BCUT2D eigenvalue weighted by Gasteiger charge is -2.29. The number of hydrogen-bond acceptors (Lipinski definition) is 7. The monoisotopic (exact) mass is 507 g/mol. The summed E-state index contributed by atoms with van der Waals surface area (Å²) >= 11 is 1.49. The van der Waals surface area contributed by atoms with Gasteiger partial charge in [0.25, 0.3) is 0 Å². The third-order valence-corrected chi connectivity index (χ3v) is 6.90. The summed E-state index contributed by atoms with van der Waals surface area (Å²) in [5.41, 5.74) is 8.02. The zero-order chi connectivity index (χ0) is 25.8. The molecule has 0 saturated carbocycles. The molecule has 4 rings (SSSR count). The number of aromatic nitrogens is 1. The fraction of sp³-hybridized carbons (Fsp3) is 0.393. The molecule has 7 nitrogen and oxygen atoms in total. The molecule has 8 heteroatoms. The number of ether oxygens (including phenoxy) is 2. The van der Waals surface area contributed by atoms with E-state index in [1.165, 1.54) is 11.3 Å². The van der Waals surface area contributed by atoms with Gasteiger partial charge in [0.15, 0.2) is 0 Å². The van der Waals surface area contributed by atoms with Crippen LogP contribution in [0.3, 0.4) is 0 Å². The van der Waals surface area contributed by atoms with Gasteiger partial charge in [0.1, 0.15) is 23.0 Å². The molecular weight excluding hydrogens is 474 g/mol. The van der Waals surface area contributed by atoms with Crippen molar-refractivity contribution >= 4 is 23.2 Å². The van der Waals surface area contributed by atoms with Crippen molar-refractivity contribution in [3.8, 4) is 17.0 Å². The second-order valence-electron chi connectivity index (χ2n) is 10.1. The van der Waals surface area contributed by atoms with Gasteiger partial charge in [0.05, 0.1) is 24.1 Å². The molecule has 1 amide bonds. The molecule has 0 bridgehead atoms. The van der Waals surface area contributed by atoms with Gasteiger partial charge >= 0.3 is 5.97 Å². The number of fused-ring (bicyclic) bond motifs is 1. The summed E-state index contributed by atoms with van der Waals surface area (Å²) in [4.78, 5) is 31.0. The number of amides is 1. The number of nitrogens with two attached hydrogens (primary N) is 1. The van der Waals surface area contributed by atoms with Crippen LogP contribution in [0.1, 0.15) is 43.3 Å². The van der Waals surface area contributed by atoms with Crippen molar-refractivity contribution in [3.05, 3.63) is 70.0 Å². The lowest BCUT2D eigenvalue weighted by molar-refractivity contribution is -0.160. The molecule has 0 radical (unpaired) electrons. The Labute approximate surface area is 216 Å². The molecule has 0 aliphatic heterocycles. The van der Waals surface area contributed by atoms with Crippen LogP contribution in [0.25, 0.3) is 11.3 Å². The van der Waals surface area contributed by atoms with Crippen LogP contribution in [-0.4, -0.2) is 35.6 Å². The average Bonchev–Trinajstić information content (AvgIpc) is 3.45. The number of thiazole rings is 1. The number of rotatable bonds is 9. The Hall–Kier alpha value is -3.23. The summed E-state index contributed by atoms with van der Waals surface area (Å²) in [5.74, 6) is 0.253. The maximum atomic E-state index is 13.5. The van der Waals surface area contributed by atoms with Crippen molar-refractivity contribution in [1.29, 1.82) is 0 Å². The molecule has 0 saturated heterocycles. The average molecular weight is 508 g/mol. The Bertz CT molecular complexity index is 1190. The number of nitrogens with zero attached hydrogens (tertiary/aromatic N) is 1. The number of benzene rings is 2. The Kier molecular flexibility index (Phi) is 7.76. The summed E-state index contributed by atoms with van der Waals surface area (Å²) in [5, 5.41) is 5.82. The highest BCUT2D eigenvalue weighted by Crippen LogP contribution is 2.41. The number of carbonyl (C=O) groups is 2. The van der Waals surface area contributed by atoms with Gasteiger partial charge in [-0.25, -0.2) is 4.98 Å². The minimum absolute atomic E-state index is 0.0342. The summed E-state index contributed by atoms with van der Waals surface area (Å²) in [6.07, 6.45) is 1.05. The molecular formula is C28H33N3O4S. The van der Waals surface area contributed by atoms with Gasteiger partial charge in [0, 0.05) is 17.5 Å². The molecule has 0 unspecified atom stereocenters. The van der Waals surface area contributed by atoms with E-state index in [1.54, 1.807) is 0 Å². The summed E-state index contributed by atoms with van der Waals surface area (Å²) < 4.78 is 11.1. The highest BCUT2D eigenvalue weighted by Gasteiger charge is 2.46. The first kappa shape index (κ1) is 25.9. The third-order valence-electron chi connectivity index (χ3n) is 6.05. The zero-order valence-corrected chi connectivity index (χ0v) is 21.8. The standard InChI is InChI=1S/C28H33N3O4S/c1-27(2,3)35-25(32)16-28(14-20-6-4-5-7-21(20)15-28)26(33)30-17-24-31-23(18-36-24)19-8-10-22(11-9-19)34-13-12-29/h4-11,18H,12-17,29H2,1-3H3,(H,30,33). The topological polar surface area (TPSA) is 104 Å². The van der Waals surface area contributed by atoms with E-state index in [2.05, 4.69) is 5.32 Å². The van der Waals surface area contributed by atoms with E-state index in [0.717, 1.165) is 33.1 Å². The van der Waals surface area contributed by atoms with Crippen molar-refractivity contribution in [3.63, 3.8) is 0 Å². The zero-order valence-electron chi connectivity index (χ0n) is 21.0. The van der Waals surface area contributed by atoms with Crippen LogP contribution < -0.4 is 15.8 Å². The van der Waals surface area contributed by atoms with Crippen molar-refractivity contribution in [2.24, 2.45) is 11.1 Å². The second kappa shape index (κ2) is 10.8. The Morgan fingerprint density at radius 1 is 1.08 bits per heavy atom. The van der Waals surface area contributed by atoms with Crippen LogP contribution in [0.5, 0.6) is 5.75 Å². The molecule has 190 valence electrons. The van der Waals surface area contributed by atoms with E-state index in [0.29, 0.717) is 32.5 Å². The number of nitrogens with one attached hydrogen (secondary N) is 1. The van der Waals surface area contributed by atoms with Crippen molar-refractivity contribution in [1.82, 2.24) is 10.3 Å². The number of carbonyl (C=O) groups excluding carboxylic acids is 2. The molecule has 3 aromatic rings. The Morgan fingerprint density at radius 2 is 1.75 bits per heavy atom. The third kappa shape index (κ3) is 6.30. The van der Waals surface area contributed by atoms with Crippen molar-refractivity contribution in [2.75, 3.05) is 13.2 Å². The molecule has 0 spiro atoms. The van der Waals surface area contributed by atoms with Crippen LogP contribution in [-0.2, 0) is 33.7 Å². The van der Waals surface area contributed by atoms with Crippen LogP contribution in [0.15, 0.2) is 53.9 Å². The van der Waals surface area contributed by atoms with Gasteiger partial charge in [-0.2, -0.15) is 0 Å². The van der Waals surface area contributed by atoms with Gasteiger partial charge in [-0.1, -0.05) is 24.3 Å². The second-order valence-corrected chi connectivity index (χ2v) is 11.1. The molecule has 0 atom stereocenters. The molecule has 1 aliphatic rings. The quantitative estimate of drug-likeness (QED) is 0.419. The molecule has 1 aliphatic carbocycles. The lowest BCUT2D eigenvalue weighted by atomic mass is 9.80. The molecule has 2 aromatic carbocycles. The summed E-state index contributed by atoms with van der Waals surface area (Å²) in [6.45, 7) is 6.74. The largest absolute Gasteiger partial charge is 0.492 e. The maximum absolute atomic E-state index is 13.5. The Morgan fingerprint density at radius 3 is 2.36 bits per heavy atom. The van der Waals surface area contributed by atoms with Crippen molar-refractivity contribution < 1.29 is 19.1 Å². The summed E-state index contributed by atoms with van der Waals surface area (Å²) in [7, 11) is 0. The maximum Gasteiger partial charge on any atom is 0.307 e. The predicted molar refractivity (Wildman–Crippen MR) is 141 cm³/mol. The molecule has 1 heterocycles. The highest BCUT2D eigenvalue weighted by molar-refractivity contribution is 7.09. The molecule has 1 aromatic heterocycles. The van der Waals surface area contributed by atoms with Gasteiger partial charge in [-0.05, 0) is 69.0 Å². The normalized spacial score (nSPS) is 14.2. The molecule has 0 fully saturated rings. The Balaban J connectivity index is 1.44. The van der Waals surface area contributed by atoms with Gasteiger partial charge in [0.2, 0.25) is 5.91 Å². The number of esters is 1. The molecule has 3 N–H and O–H groups in total. The summed E-state index contributed by atoms with van der Waals surface area (Å²) in [6, 6.07) is 15.7. The van der Waals surface area contributed by atoms with Crippen LogP contribution >= 0.6 is 11.3 Å². The van der Waals surface area contributed by atoms with Gasteiger partial charge < -0.3 is 20.5 Å². The van der Waals surface area contributed by atoms with E-state index >= 15 is 0 Å². The van der Waals surface area contributed by atoms with E-state index in [-0.39, 0.29) is 18.3 Å². The van der Waals surface area contributed by atoms with Crippen LogP contribution in [0, 0.1) is 5.41 Å². The SMILES string of the molecule is CC(C)(C)OC(=O)CC1(C(=O)NCc2nc(-c3ccc(OCCN)cc3)cs2)Cc2ccccc2C1. The van der Waals surface area contributed by atoms with E-state index < -0.39 is 11.0 Å². The van der Waals surface area contributed by atoms with E-state index in [4.69, 9.17) is 20.2 Å². The van der Waals surface area contributed by atoms with Crippen molar-refractivity contribution in [2.45, 2.75) is 52.2 Å². The van der Waals surface area contributed by atoms with Crippen LogP contribution in [0.4, 0.5) is 0 Å². The minimum atomic E-state index is -0.870.